The zero-order chi connectivity index (χ0) is 7.28. The predicted octanol–water partition coefficient (Wildman–Crippen LogP) is -0.376. The summed E-state index contributed by atoms with van der Waals surface area (Å²) < 4.78 is 0. The van der Waals surface area contributed by atoms with Gasteiger partial charge in [-0.15, -0.1) is 5.10 Å². The van der Waals surface area contributed by atoms with Crippen molar-refractivity contribution in [1.82, 2.24) is 0 Å². The van der Waals surface area contributed by atoms with Gasteiger partial charge in [-0.3, -0.25) is 0 Å². The molecule has 6 heteroatoms. The minimum absolute atomic E-state index is 0.0178. The van der Waals surface area contributed by atoms with Gasteiger partial charge in [-0.2, -0.15) is 0 Å². The average molecular weight is 128 g/mol. The molecule has 0 fully saturated rings. The number of nitrogens with two attached hydrogens (primary N) is 2. The Morgan fingerprint density at radius 1 is 1.56 bits per heavy atom. The Balaban J connectivity index is 4.00. The first-order valence-corrected chi connectivity index (χ1v) is 2.17. The van der Waals surface area contributed by atoms with E-state index >= 15 is 0 Å². The second-order valence-corrected chi connectivity index (χ2v) is 1.32. The molecule has 0 atom stereocenters. The molecule has 50 valence electrons. The second-order valence-electron chi connectivity index (χ2n) is 1.32. The fraction of sp³-hybridized carbons (Fsp3) is 0.333. The maximum Gasteiger partial charge on any atom is 0.168 e. The van der Waals surface area contributed by atoms with E-state index in [9.17, 15) is 0 Å². The summed E-state index contributed by atoms with van der Waals surface area (Å²) in [5.74, 6) is 4.62. The summed E-state index contributed by atoms with van der Waals surface area (Å²) in [4.78, 5) is 0. The van der Waals surface area contributed by atoms with Crippen molar-refractivity contribution in [2.75, 3.05) is 0 Å². The number of rotatable bonds is 2. The van der Waals surface area contributed by atoms with Crippen LogP contribution in [-0.4, -0.2) is 11.5 Å². The zero-order valence-electron chi connectivity index (χ0n) is 5.00. The Morgan fingerprint density at radius 3 is 2.44 bits per heavy atom. The van der Waals surface area contributed by atoms with E-state index in [1.165, 1.54) is 6.92 Å². The molecule has 0 aliphatic carbocycles. The largest absolute Gasteiger partial charge is 0.381 e. The lowest BCUT2D eigenvalue weighted by molar-refractivity contribution is 0.955. The van der Waals surface area contributed by atoms with E-state index in [0.29, 0.717) is 0 Å². The van der Waals surface area contributed by atoms with Gasteiger partial charge in [-0.05, 0) is 12.1 Å². The number of nitrogens with one attached hydrogen (secondary N) is 1. The van der Waals surface area contributed by atoms with Gasteiger partial charge in [0.1, 0.15) is 0 Å². The van der Waals surface area contributed by atoms with Crippen LogP contribution in [0.25, 0.3) is 0 Å². The Kier molecular flexibility index (Phi) is 2.96. The van der Waals surface area contributed by atoms with E-state index in [0.717, 1.165) is 0 Å². The maximum absolute atomic E-state index is 6.88. The first-order valence-electron chi connectivity index (χ1n) is 2.17. The molecule has 0 spiro atoms. The molecule has 0 aromatic rings. The third kappa shape index (κ3) is 3.15. The summed E-state index contributed by atoms with van der Waals surface area (Å²) in [6.45, 7) is 1.49. The van der Waals surface area contributed by atoms with E-state index in [2.05, 4.69) is 21.4 Å². The molecule has 5 N–H and O–H groups in total. The van der Waals surface area contributed by atoms with Crippen LogP contribution in [0.2, 0.25) is 0 Å². The van der Waals surface area contributed by atoms with Crippen LogP contribution in [0.4, 0.5) is 0 Å². The van der Waals surface area contributed by atoms with Crippen molar-refractivity contribution in [2.45, 2.75) is 6.92 Å². The summed E-state index contributed by atoms with van der Waals surface area (Å²) in [7, 11) is 0. The lowest BCUT2D eigenvalue weighted by Crippen LogP contribution is -2.19. The Morgan fingerprint density at radius 2 is 2.11 bits per heavy atom. The highest BCUT2D eigenvalue weighted by atomic mass is 15.5. The van der Waals surface area contributed by atoms with E-state index in [1.54, 1.807) is 0 Å². The minimum Gasteiger partial charge on any atom is -0.381 e. The third-order valence-electron chi connectivity index (χ3n) is 0.588. The average Bonchev–Trinajstić information content (AvgIpc) is 1.82. The normalized spacial score (nSPS) is 12.3. The van der Waals surface area contributed by atoms with Gasteiger partial charge < -0.3 is 17.0 Å². The van der Waals surface area contributed by atoms with Crippen molar-refractivity contribution < 1.29 is 0 Å². The third-order valence-corrected chi connectivity index (χ3v) is 0.588. The van der Waals surface area contributed by atoms with Crippen molar-refractivity contribution in [3.63, 3.8) is 0 Å². The van der Waals surface area contributed by atoms with Crippen LogP contribution in [-0.2, 0) is 0 Å². The minimum atomic E-state index is 0.0178. The van der Waals surface area contributed by atoms with E-state index in [1.807, 2.05) is 0 Å². The molecule has 0 amide bonds. The first kappa shape index (κ1) is 7.54. The quantitative estimate of drug-likeness (QED) is 0.155. The molecular weight excluding hydrogens is 120 g/mol. The summed E-state index contributed by atoms with van der Waals surface area (Å²) in [5.41, 5.74) is 5.26. The summed E-state index contributed by atoms with van der Waals surface area (Å²) in [6, 6.07) is 0. The van der Waals surface area contributed by atoms with E-state index in [-0.39, 0.29) is 11.5 Å². The fourth-order valence-electron chi connectivity index (χ4n) is 0.149. The van der Waals surface area contributed by atoms with Gasteiger partial charge in [0, 0.05) is 0 Å². The number of amidine groups is 1. The van der Waals surface area contributed by atoms with Crippen LogP contribution in [0.1, 0.15) is 6.92 Å². The molecule has 0 rings (SSSR count). The van der Waals surface area contributed by atoms with Crippen LogP contribution in [0.3, 0.4) is 0 Å². The predicted molar refractivity (Wildman–Crippen MR) is 34.1 cm³/mol. The maximum atomic E-state index is 6.88. The van der Waals surface area contributed by atoms with Crippen LogP contribution in [0, 0.1) is 5.41 Å². The molecule has 0 aliphatic rings. The number of hydrogen-bond acceptors (Lipinski definition) is 3. The van der Waals surface area contributed by atoms with Gasteiger partial charge in [-0.1, -0.05) is 5.22 Å². The Bertz CT molecular complexity index is 156. The first-order chi connectivity index (χ1) is 4.18. The second kappa shape index (κ2) is 3.53. The standard InChI is InChI=1S/C3H8N6/c1-2(4)3(5)7-9-8-6/h4H,1H3,(H2,6,9)(H2,5,7,8). The van der Waals surface area contributed by atoms with Crippen molar-refractivity contribution in [2.24, 2.45) is 27.1 Å². The van der Waals surface area contributed by atoms with Crippen molar-refractivity contribution in [3.05, 3.63) is 0 Å². The molecular formula is C3H8N6. The molecule has 0 radical (unpaired) electrons. The summed E-state index contributed by atoms with van der Waals surface area (Å²) in [5, 5.41) is 16.0. The van der Waals surface area contributed by atoms with Crippen LogP contribution >= 0.6 is 0 Å². The molecule has 6 nitrogen and oxygen atoms in total. The number of nitrogens with zero attached hydrogens (tertiary/aromatic N) is 3. The van der Waals surface area contributed by atoms with Gasteiger partial charge in [0.15, 0.2) is 5.84 Å². The van der Waals surface area contributed by atoms with E-state index < -0.39 is 0 Å². The summed E-state index contributed by atoms with van der Waals surface area (Å²) >= 11 is 0. The Hall–Kier alpha value is -1.46. The van der Waals surface area contributed by atoms with Gasteiger partial charge in [-0.25, -0.2) is 0 Å². The molecule has 9 heavy (non-hydrogen) atoms. The van der Waals surface area contributed by atoms with E-state index in [4.69, 9.17) is 11.1 Å². The van der Waals surface area contributed by atoms with Gasteiger partial charge >= 0.3 is 0 Å². The fourth-order valence-corrected chi connectivity index (χ4v) is 0.149. The summed E-state index contributed by atoms with van der Waals surface area (Å²) in [6.07, 6.45) is 0. The van der Waals surface area contributed by atoms with Gasteiger partial charge in [0.25, 0.3) is 0 Å². The van der Waals surface area contributed by atoms with Crippen molar-refractivity contribution >= 4 is 11.5 Å². The SMILES string of the molecule is CC(=N)C(N)=NN=NN. The highest BCUT2D eigenvalue weighted by Crippen LogP contribution is 1.74. The van der Waals surface area contributed by atoms with Crippen LogP contribution in [0.5, 0.6) is 0 Å². The highest BCUT2D eigenvalue weighted by Gasteiger charge is 1.90. The lowest BCUT2D eigenvalue weighted by Gasteiger charge is -1.88. The molecule has 0 aromatic heterocycles. The van der Waals surface area contributed by atoms with Crippen molar-refractivity contribution in [1.29, 1.82) is 5.41 Å². The Labute approximate surface area is 52.1 Å². The van der Waals surface area contributed by atoms with Gasteiger partial charge in [0.05, 0.1) is 5.71 Å². The lowest BCUT2D eigenvalue weighted by atomic mass is 10.4. The molecule has 0 bridgehead atoms. The monoisotopic (exact) mass is 128 g/mol. The number of hydrogen-bond donors (Lipinski definition) is 3. The highest BCUT2D eigenvalue weighted by molar-refractivity contribution is 6.38. The molecule has 0 unspecified atom stereocenters. The molecule has 0 saturated carbocycles. The smallest absolute Gasteiger partial charge is 0.168 e. The topological polar surface area (TPSA) is 113 Å². The molecule has 0 heterocycles. The molecule has 0 saturated heterocycles. The molecule has 0 aromatic carbocycles. The van der Waals surface area contributed by atoms with Crippen LogP contribution < -0.4 is 11.6 Å². The van der Waals surface area contributed by atoms with Gasteiger partial charge in [0.2, 0.25) is 0 Å². The van der Waals surface area contributed by atoms with Crippen LogP contribution in [0.15, 0.2) is 15.5 Å². The zero-order valence-corrected chi connectivity index (χ0v) is 5.00. The molecule has 0 aliphatic heterocycles. The van der Waals surface area contributed by atoms with Crippen molar-refractivity contribution in [3.8, 4) is 0 Å².